The van der Waals surface area contributed by atoms with Gasteiger partial charge >= 0.3 is 5.97 Å². The maximum Gasteiger partial charge on any atom is 0.309 e. The van der Waals surface area contributed by atoms with E-state index in [1.807, 2.05) is 0 Å². The zero-order valence-electron chi connectivity index (χ0n) is 10.5. The first-order valence-corrected chi connectivity index (χ1v) is 5.46. The van der Waals surface area contributed by atoms with Gasteiger partial charge in [0.1, 0.15) is 0 Å². The molecule has 0 aromatic rings. The number of hydrogen-bond acceptors (Lipinski definition) is 4. The molecule has 0 aromatic heterocycles. The Hall–Kier alpha value is -1.14. The lowest BCUT2D eigenvalue weighted by Crippen LogP contribution is -2.41. The summed E-state index contributed by atoms with van der Waals surface area (Å²) in [5.74, 6) is -1.37. The van der Waals surface area contributed by atoms with Crippen LogP contribution in [-0.2, 0) is 14.3 Å². The van der Waals surface area contributed by atoms with E-state index >= 15 is 0 Å². The summed E-state index contributed by atoms with van der Waals surface area (Å²) in [4.78, 5) is 22.5. The predicted molar refractivity (Wildman–Crippen MR) is 61.5 cm³/mol. The number of carboxylic acids is 1. The molecule has 1 atom stereocenters. The van der Waals surface area contributed by atoms with Gasteiger partial charge in [-0.3, -0.25) is 9.59 Å². The van der Waals surface area contributed by atoms with Gasteiger partial charge in [-0.1, -0.05) is 0 Å². The SMILES string of the molecule is COCC(CCO)NC(=O)CC(C)(C)C(=O)O. The molecule has 0 aromatic carbocycles. The van der Waals surface area contributed by atoms with Crippen molar-refractivity contribution in [2.75, 3.05) is 20.3 Å². The van der Waals surface area contributed by atoms with E-state index in [4.69, 9.17) is 14.9 Å². The third-order valence-corrected chi connectivity index (χ3v) is 2.39. The number of methoxy groups -OCH3 is 1. The summed E-state index contributed by atoms with van der Waals surface area (Å²) >= 11 is 0. The van der Waals surface area contributed by atoms with Crippen LogP contribution in [0.2, 0.25) is 0 Å². The second-order valence-electron chi connectivity index (χ2n) is 4.60. The van der Waals surface area contributed by atoms with Crippen molar-refractivity contribution in [3.8, 4) is 0 Å². The molecule has 0 radical (unpaired) electrons. The molecule has 0 fully saturated rings. The number of rotatable bonds is 8. The van der Waals surface area contributed by atoms with Crippen molar-refractivity contribution < 1.29 is 24.5 Å². The van der Waals surface area contributed by atoms with Gasteiger partial charge in [-0.05, 0) is 20.3 Å². The fourth-order valence-corrected chi connectivity index (χ4v) is 1.31. The summed E-state index contributed by atoms with van der Waals surface area (Å²) in [6, 6.07) is -0.290. The number of aliphatic hydroxyl groups is 1. The minimum atomic E-state index is -1.10. The number of nitrogens with one attached hydrogen (secondary N) is 1. The summed E-state index contributed by atoms with van der Waals surface area (Å²) in [5, 5.41) is 20.3. The van der Waals surface area contributed by atoms with E-state index in [1.165, 1.54) is 21.0 Å². The average Bonchev–Trinajstić information content (AvgIpc) is 2.16. The van der Waals surface area contributed by atoms with Gasteiger partial charge in [0.25, 0.3) is 0 Å². The lowest BCUT2D eigenvalue weighted by atomic mass is 9.89. The fourth-order valence-electron chi connectivity index (χ4n) is 1.31. The molecule has 0 saturated heterocycles. The Balaban J connectivity index is 4.27. The van der Waals surface area contributed by atoms with Gasteiger partial charge in [-0.15, -0.1) is 0 Å². The third kappa shape index (κ3) is 6.23. The maximum atomic E-state index is 11.6. The molecule has 0 aliphatic heterocycles. The standard InChI is InChI=1S/C11H21NO5/c1-11(2,10(15)16)6-9(14)12-8(4-5-13)7-17-3/h8,13H,4-7H2,1-3H3,(H,12,14)(H,15,16). The Morgan fingerprint density at radius 1 is 1.41 bits per heavy atom. The van der Waals surface area contributed by atoms with Crippen LogP contribution in [-0.4, -0.2) is 48.5 Å². The molecule has 0 bridgehead atoms. The van der Waals surface area contributed by atoms with Gasteiger partial charge in [0, 0.05) is 20.1 Å². The Morgan fingerprint density at radius 2 is 2.00 bits per heavy atom. The number of carbonyl (C=O) groups is 2. The van der Waals surface area contributed by atoms with Crippen molar-refractivity contribution in [3.05, 3.63) is 0 Å². The molecule has 6 heteroatoms. The minimum Gasteiger partial charge on any atom is -0.481 e. The van der Waals surface area contributed by atoms with E-state index in [-0.39, 0.29) is 25.0 Å². The normalized spacial score (nSPS) is 13.2. The predicted octanol–water partition coefficient (Wildman–Crippen LogP) is 0.000900. The molecule has 1 unspecified atom stereocenters. The second-order valence-corrected chi connectivity index (χ2v) is 4.60. The molecule has 6 nitrogen and oxygen atoms in total. The topological polar surface area (TPSA) is 95.9 Å². The highest BCUT2D eigenvalue weighted by Gasteiger charge is 2.30. The van der Waals surface area contributed by atoms with Gasteiger partial charge < -0.3 is 20.3 Å². The molecule has 100 valence electrons. The lowest BCUT2D eigenvalue weighted by molar-refractivity contribution is -0.149. The molecule has 0 heterocycles. The highest BCUT2D eigenvalue weighted by molar-refractivity contribution is 5.84. The van der Waals surface area contributed by atoms with Crippen LogP contribution in [0.15, 0.2) is 0 Å². The number of aliphatic hydroxyl groups excluding tert-OH is 1. The van der Waals surface area contributed by atoms with Crippen LogP contribution in [0.1, 0.15) is 26.7 Å². The van der Waals surface area contributed by atoms with Gasteiger partial charge in [0.05, 0.1) is 18.1 Å². The van der Waals surface area contributed by atoms with Crippen molar-refractivity contribution in [3.63, 3.8) is 0 Å². The first-order chi connectivity index (χ1) is 7.83. The molecule has 0 rings (SSSR count). The number of carboxylic acid groups (broad SMARTS) is 1. The zero-order valence-corrected chi connectivity index (χ0v) is 10.5. The lowest BCUT2D eigenvalue weighted by Gasteiger charge is -2.21. The molecule has 0 aliphatic rings. The molecule has 3 N–H and O–H groups in total. The minimum absolute atomic E-state index is 0.0589. The van der Waals surface area contributed by atoms with Crippen LogP contribution in [0.4, 0.5) is 0 Å². The van der Waals surface area contributed by atoms with Gasteiger partial charge in [-0.25, -0.2) is 0 Å². The van der Waals surface area contributed by atoms with E-state index in [0.717, 1.165) is 0 Å². The number of carbonyl (C=O) groups excluding carboxylic acids is 1. The summed E-state index contributed by atoms with van der Waals surface area (Å²) in [5.41, 5.74) is -1.10. The maximum absolute atomic E-state index is 11.6. The van der Waals surface area contributed by atoms with E-state index in [2.05, 4.69) is 5.32 Å². The van der Waals surface area contributed by atoms with Gasteiger partial charge in [0.15, 0.2) is 0 Å². The summed E-state index contributed by atoms with van der Waals surface area (Å²) < 4.78 is 4.89. The quantitative estimate of drug-likeness (QED) is 0.561. The first kappa shape index (κ1) is 15.9. The number of hydrogen-bond donors (Lipinski definition) is 3. The number of aliphatic carboxylic acids is 1. The van der Waals surface area contributed by atoms with Crippen molar-refractivity contribution in [2.45, 2.75) is 32.7 Å². The van der Waals surface area contributed by atoms with Crippen LogP contribution in [0.3, 0.4) is 0 Å². The Kier molecular flexibility index (Phi) is 6.75. The van der Waals surface area contributed by atoms with E-state index in [1.54, 1.807) is 0 Å². The largest absolute Gasteiger partial charge is 0.481 e. The number of ether oxygens (including phenoxy) is 1. The highest BCUT2D eigenvalue weighted by atomic mass is 16.5. The molecule has 0 spiro atoms. The molecule has 0 aliphatic carbocycles. The molecule has 0 saturated carbocycles. The first-order valence-electron chi connectivity index (χ1n) is 5.46. The molecular weight excluding hydrogens is 226 g/mol. The van der Waals surface area contributed by atoms with Crippen LogP contribution < -0.4 is 5.32 Å². The van der Waals surface area contributed by atoms with Gasteiger partial charge in [-0.2, -0.15) is 0 Å². The average molecular weight is 247 g/mol. The Morgan fingerprint density at radius 3 is 2.41 bits per heavy atom. The van der Waals surface area contributed by atoms with E-state index in [9.17, 15) is 9.59 Å². The van der Waals surface area contributed by atoms with Crippen LogP contribution in [0.25, 0.3) is 0 Å². The van der Waals surface area contributed by atoms with Crippen molar-refractivity contribution in [1.29, 1.82) is 0 Å². The van der Waals surface area contributed by atoms with Crippen molar-refractivity contribution >= 4 is 11.9 Å². The monoisotopic (exact) mass is 247 g/mol. The molecule has 17 heavy (non-hydrogen) atoms. The summed E-state index contributed by atoms with van der Waals surface area (Å²) in [7, 11) is 1.50. The Bertz CT molecular complexity index is 259. The van der Waals surface area contributed by atoms with Crippen molar-refractivity contribution in [1.82, 2.24) is 5.32 Å². The van der Waals surface area contributed by atoms with Gasteiger partial charge in [0.2, 0.25) is 5.91 Å². The number of amides is 1. The fraction of sp³-hybridized carbons (Fsp3) is 0.818. The van der Waals surface area contributed by atoms with E-state index < -0.39 is 11.4 Å². The third-order valence-electron chi connectivity index (χ3n) is 2.39. The molecular formula is C11H21NO5. The smallest absolute Gasteiger partial charge is 0.309 e. The Labute approximate surface area is 101 Å². The van der Waals surface area contributed by atoms with Crippen LogP contribution in [0, 0.1) is 5.41 Å². The zero-order chi connectivity index (χ0) is 13.5. The highest BCUT2D eigenvalue weighted by Crippen LogP contribution is 2.20. The van der Waals surface area contributed by atoms with Crippen LogP contribution >= 0.6 is 0 Å². The van der Waals surface area contributed by atoms with E-state index in [0.29, 0.717) is 13.0 Å². The van der Waals surface area contributed by atoms with Crippen LogP contribution in [0.5, 0.6) is 0 Å². The second kappa shape index (κ2) is 7.24. The summed E-state index contributed by atoms with van der Waals surface area (Å²) in [6.45, 7) is 3.22. The summed E-state index contributed by atoms with van der Waals surface area (Å²) in [6.07, 6.45) is 0.279. The van der Waals surface area contributed by atoms with Crippen molar-refractivity contribution in [2.24, 2.45) is 5.41 Å². The molecule has 1 amide bonds.